The van der Waals surface area contributed by atoms with Gasteiger partial charge >= 0.3 is 0 Å². The van der Waals surface area contributed by atoms with Crippen LogP contribution < -0.4 is 5.32 Å². The molecule has 2 nitrogen and oxygen atoms in total. The summed E-state index contributed by atoms with van der Waals surface area (Å²) in [6.45, 7) is 2.94. The first-order valence-corrected chi connectivity index (χ1v) is 8.70. The zero-order valence-corrected chi connectivity index (χ0v) is 14.6. The van der Waals surface area contributed by atoms with E-state index in [9.17, 15) is 0 Å². The van der Waals surface area contributed by atoms with Crippen LogP contribution in [0.4, 0.5) is 0 Å². The number of furan rings is 1. The summed E-state index contributed by atoms with van der Waals surface area (Å²) in [4.78, 5) is 0. The van der Waals surface area contributed by atoms with E-state index in [1.165, 1.54) is 5.56 Å². The van der Waals surface area contributed by atoms with E-state index in [0.29, 0.717) is 6.04 Å². The molecule has 1 heterocycles. The Labute approximate surface area is 148 Å². The van der Waals surface area contributed by atoms with Crippen molar-refractivity contribution in [2.75, 3.05) is 0 Å². The average Bonchev–Trinajstić information content (AvgIpc) is 3.08. The Kier molecular flexibility index (Phi) is 5.73. The first-order chi connectivity index (χ1) is 11.7. The van der Waals surface area contributed by atoms with Crippen LogP contribution in [0.25, 0.3) is 11.3 Å². The van der Waals surface area contributed by atoms with Gasteiger partial charge < -0.3 is 9.73 Å². The fourth-order valence-electron chi connectivity index (χ4n) is 2.67. The fraction of sp³-hybridized carbons (Fsp3) is 0.238. The minimum atomic E-state index is 0.435. The summed E-state index contributed by atoms with van der Waals surface area (Å²) >= 11 is 6.04. The van der Waals surface area contributed by atoms with Crippen molar-refractivity contribution in [1.82, 2.24) is 5.32 Å². The number of hydrogen-bond acceptors (Lipinski definition) is 2. The molecule has 1 atom stereocenters. The number of nitrogens with one attached hydrogen (secondary N) is 1. The lowest BCUT2D eigenvalue weighted by Crippen LogP contribution is -2.25. The number of halogens is 1. The van der Waals surface area contributed by atoms with E-state index >= 15 is 0 Å². The number of rotatable bonds is 7. The number of aryl methyl sites for hydroxylation is 1. The summed E-state index contributed by atoms with van der Waals surface area (Å²) in [7, 11) is 0. The summed E-state index contributed by atoms with van der Waals surface area (Å²) in [5.74, 6) is 1.79. The van der Waals surface area contributed by atoms with Gasteiger partial charge in [0.25, 0.3) is 0 Å². The standard InChI is InChI=1S/C21H22ClNO/c1-16(10-11-17-6-3-2-4-7-17)23-15-20-12-13-21(24-20)18-8-5-9-19(22)14-18/h2-9,12-14,16,23H,10-11,15H2,1H3/t16-/m0/s1. The lowest BCUT2D eigenvalue weighted by atomic mass is 10.1. The molecule has 24 heavy (non-hydrogen) atoms. The SMILES string of the molecule is C[C@@H](CCc1ccccc1)NCc1ccc(-c2cccc(Cl)c2)o1. The van der Waals surface area contributed by atoms with E-state index in [1.54, 1.807) is 0 Å². The molecular weight excluding hydrogens is 318 g/mol. The van der Waals surface area contributed by atoms with Crippen molar-refractivity contribution >= 4 is 11.6 Å². The van der Waals surface area contributed by atoms with Gasteiger partial charge in [0.1, 0.15) is 11.5 Å². The zero-order valence-electron chi connectivity index (χ0n) is 13.8. The molecule has 0 saturated heterocycles. The first-order valence-electron chi connectivity index (χ1n) is 8.32. The molecule has 0 radical (unpaired) electrons. The molecule has 1 N–H and O–H groups in total. The van der Waals surface area contributed by atoms with Crippen LogP contribution in [0.3, 0.4) is 0 Å². The monoisotopic (exact) mass is 339 g/mol. The van der Waals surface area contributed by atoms with E-state index in [-0.39, 0.29) is 0 Å². The van der Waals surface area contributed by atoms with Gasteiger partial charge in [-0.15, -0.1) is 0 Å². The molecule has 0 aliphatic heterocycles. The van der Waals surface area contributed by atoms with Gasteiger partial charge in [0.15, 0.2) is 0 Å². The highest BCUT2D eigenvalue weighted by molar-refractivity contribution is 6.30. The van der Waals surface area contributed by atoms with Gasteiger partial charge in [0, 0.05) is 16.6 Å². The second-order valence-corrected chi connectivity index (χ2v) is 6.52. The molecule has 0 spiro atoms. The van der Waals surface area contributed by atoms with Crippen LogP contribution in [-0.2, 0) is 13.0 Å². The van der Waals surface area contributed by atoms with Crippen molar-refractivity contribution in [1.29, 1.82) is 0 Å². The molecular formula is C21H22ClNO. The van der Waals surface area contributed by atoms with Gasteiger partial charge in [-0.1, -0.05) is 54.1 Å². The predicted molar refractivity (Wildman–Crippen MR) is 100 cm³/mol. The molecule has 0 bridgehead atoms. The zero-order chi connectivity index (χ0) is 16.8. The van der Waals surface area contributed by atoms with E-state index in [0.717, 1.165) is 41.5 Å². The molecule has 124 valence electrons. The Morgan fingerprint density at radius 3 is 2.62 bits per heavy atom. The van der Waals surface area contributed by atoms with Crippen LogP contribution in [0.1, 0.15) is 24.7 Å². The highest BCUT2D eigenvalue weighted by atomic mass is 35.5. The van der Waals surface area contributed by atoms with Crippen molar-refractivity contribution in [3.05, 3.63) is 83.1 Å². The molecule has 0 fully saturated rings. The first kappa shape index (κ1) is 16.8. The van der Waals surface area contributed by atoms with E-state index in [1.807, 2.05) is 36.4 Å². The Hall–Kier alpha value is -2.03. The highest BCUT2D eigenvalue weighted by Gasteiger charge is 2.07. The fourth-order valence-corrected chi connectivity index (χ4v) is 2.86. The summed E-state index contributed by atoms with van der Waals surface area (Å²) in [6.07, 6.45) is 2.19. The minimum absolute atomic E-state index is 0.435. The quantitative estimate of drug-likeness (QED) is 0.596. The van der Waals surface area contributed by atoms with Crippen molar-refractivity contribution in [3.8, 4) is 11.3 Å². The Morgan fingerprint density at radius 2 is 1.83 bits per heavy atom. The lowest BCUT2D eigenvalue weighted by molar-refractivity contribution is 0.449. The molecule has 0 amide bonds. The van der Waals surface area contributed by atoms with Crippen molar-refractivity contribution < 1.29 is 4.42 Å². The van der Waals surface area contributed by atoms with Gasteiger partial charge in [-0.3, -0.25) is 0 Å². The van der Waals surface area contributed by atoms with E-state index < -0.39 is 0 Å². The predicted octanol–water partition coefficient (Wildman–Crippen LogP) is 5.71. The normalized spacial score (nSPS) is 12.2. The van der Waals surface area contributed by atoms with Crippen LogP contribution in [0, 0.1) is 0 Å². The third kappa shape index (κ3) is 4.73. The third-order valence-electron chi connectivity index (χ3n) is 4.10. The van der Waals surface area contributed by atoms with Crippen LogP contribution in [0.5, 0.6) is 0 Å². The molecule has 3 heteroatoms. The van der Waals surface area contributed by atoms with Gasteiger partial charge in [-0.25, -0.2) is 0 Å². The van der Waals surface area contributed by atoms with Gasteiger partial charge in [0.05, 0.1) is 6.54 Å². The molecule has 1 aromatic heterocycles. The van der Waals surface area contributed by atoms with Crippen molar-refractivity contribution in [3.63, 3.8) is 0 Å². The molecule has 3 aromatic rings. The van der Waals surface area contributed by atoms with Crippen LogP contribution in [0.2, 0.25) is 5.02 Å². The largest absolute Gasteiger partial charge is 0.460 e. The second-order valence-electron chi connectivity index (χ2n) is 6.08. The molecule has 0 saturated carbocycles. The van der Waals surface area contributed by atoms with Gasteiger partial charge in [0.2, 0.25) is 0 Å². The molecule has 0 unspecified atom stereocenters. The highest BCUT2D eigenvalue weighted by Crippen LogP contribution is 2.24. The smallest absolute Gasteiger partial charge is 0.134 e. The van der Waals surface area contributed by atoms with Crippen LogP contribution >= 0.6 is 11.6 Å². The molecule has 3 rings (SSSR count). The second kappa shape index (κ2) is 8.18. The van der Waals surface area contributed by atoms with Crippen molar-refractivity contribution in [2.45, 2.75) is 32.4 Å². The summed E-state index contributed by atoms with van der Waals surface area (Å²) < 4.78 is 5.92. The van der Waals surface area contributed by atoms with Gasteiger partial charge in [-0.05, 0) is 49.6 Å². The maximum atomic E-state index is 6.04. The molecule has 0 aliphatic rings. The lowest BCUT2D eigenvalue weighted by Gasteiger charge is -2.12. The molecule has 2 aromatic carbocycles. The van der Waals surface area contributed by atoms with Crippen molar-refractivity contribution in [2.24, 2.45) is 0 Å². The van der Waals surface area contributed by atoms with Crippen LogP contribution in [-0.4, -0.2) is 6.04 Å². The number of hydrogen-bond donors (Lipinski definition) is 1. The summed E-state index contributed by atoms with van der Waals surface area (Å²) in [5, 5.41) is 4.25. The van der Waals surface area contributed by atoms with Crippen LogP contribution in [0.15, 0.2) is 71.1 Å². The topological polar surface area (TPSA) is 25.2 Å². The minimum Gasteiger partial charge on any atom is -0.460 e. The Balaban J connectivity index is 1.50. The average molecular weight is 340 g/mol. The Morgan fingerprint density at radius 1 is 1.00 bits per heavy atom. The van der Waals surface area contributed by atoms with Gasteiger partial charge in [-0.2, -0.15) is 0 Å². The Bertz CT molecular complexity index is 766. The number of benzene rings is 2. The van der Waals surface area contributed by atoms with E-state index in [2.05, 4.69) is 42.6 Å². The summed E-state index contributed by atoms with van der Waals surface area (Å²) in [5.41, 5.74) is 2.39. The maximum absolute atomic E-state index is 6.04. The maximum Gasteiger partial charge on any atom is 0.134 e. The molecule has 0 aliphatic carbocycles. The van der Waals surface area contributed by atoms with E-state index in [4.69, 9.17) is 16.0 Å². The summed E-state index contributed by atoms with van der Waals surface area (Å²) in [6, 6.07) is 22.8. The third-order valence-corrected chi connectivity index (χ3v) is 4.34.